The second kappa shape index (κ2) is 9.19. The molecule has 170 valence electrons. The summed E-state index contributed by atoms with van der Waals surface area (Å²) in [6.45, 7) is 1.09. The third-order valence-corrected chi connectivity index (χ3v) is 6.10. The van der Waals surface area contributed by atoms with Crippen LogP contribution in [0.25, 0.3) is 11.3 Å². The van der Waals surface area contributed by atoms with Crippen LogP contribution in [-0.2, 0) is 28.9 Å². The topological polar surface area (TPSA) is 63.3 Å². The number of aromatic nitrogens is 4. The van der Waals surface area contributed by atoms with Crippen molar-refractivity contribution >= 4 is 23.2 Å². The van der Waals surface area contributed by atoms with Gasteiger partial charge in [-0.3, -0.25) is 0 Å². The molecule has 1 fully saturated rings. The van der Waals surface area contributed by atoms with Gasteiger partial charge in [-0.25, -0.2) is 9.97 Å². The van der Waals surface area contributed by atoms with Gasteiger partial charge in [-0.2, -0.15) is 0 Å². The molecule has 2 aromatic heterocycles. The Balaban J connectivity index is 1.30. The standard InChI is InChI=1S/C24H22Cl2N4O3/c1-29-15-28-11-23(29)17-2-5-19(6-3-17)31-12-20-13-32-24(33-20,14-30-9-8-27-16-30)21-7-4-18(25)10-22(21)26/h2-11,15-16,20H,12-14H2,1H3. The van der Waals surface area contributed by atoms with E-state index in [4.69, 9.17) is 37.4 Å². The molecule has 0 spiro atoms. The van der Waals surface area contributed by atoms with Gasteiger partial charge in [-0.1, -0.05) is 29.3 Å². The normalized spacial score (nSPS) is 20.3. The zero-order valence-electron chi connectivity index (χ0n) is 17.9. The third-order valence-electron chi connectivity index (χ3n) is 5.55. The van der Waals surface area contributed by atoms with Gasteiger partial charge in [0.1, 0.15) is 18.5 Å². The highest BCUT2D eigenvalue weighted by Crippen LogP contribution is 2.40. The Bertz CT molecular complexity index is 1230. The molecule has 9 heteroatoms. The van der Waals surface area contributed by atoms with Crippen molar-refractivity contribution in [2.45, 2.75) is 18.4 Å². The zero-order chi connectivity index (χ0) is 22.8. The Hall–Kier alpha value is -2.84. The Labute approximate surface area is 201 Å². The highest BCUT2D eigenvalue weighted by Gasteiger charge is 2.45. The predicted molar refractivity (Wildman–Crippen MR) is 125 cm³/mol. The molecule has 0 amide bonds. The van der Waals surface area contributed by atoms with E-state index in [9.17, 15) is 0 Å². The number of aryl methyl sites for hydroxylation is 1. The first-order valence-corrected chi connectivity index (χ1v) is 11.2. The SMILES string of the molecule is Cn1cncc1-c1ccc(OCC2COC(Cn3ccnc3)(c3ccc(Cl)cc3Cl)O2)cc1. The van der Waals surface area contributed by atoms with Crippen LogP contribution < -0.4 is 4.74 Å². The molecule has 5 rings (SSSR count). The summed E-state index contributed by atoms with van der Waals surface area (Å²) >= 11 is 12.6. The number of imidazole rings is 2. The van der Waals surface area contributed by atoms with Crippen molar-refractivity contribution in [1.82, 2.24) is 19.1 Å². The maximum absolute atomic E-state index is 6.52. The van der Waals surface area contributed by atoms with Gasteiger partial charge in [0.15, 0.2) is 0 Å². The minimum atomic E-state index is -1.07. The molecule has 1 aliphatic rings. The largest absolute Gasteiger partial charge is 0.491 e. The number of nitrogens with zero attached hydrogens (tertiary/aromatic N) is 4. The summed E-state index contributed by atoms with van der Waals surface area (Å²) in [6.07, 6.45) is 8.61. The van der Waals surface area contributed by atoms with Crippen molar-refractivity contribution in [1.29, 1.82) is 0 Å². The van der Waals surface area contributed by atoms with Crippen LogP contribution >= 0.6 is 23.2 Å². The number of hydrogen-bond acceptors (Lipinski definition) is 5. The quantitative estimate of drug-likeness (QED) is 0.371. The Morgan fingerprint density at radius 1 is 1.12 bits per heavy atom. The molecule has 2 atom stereocenters. The monoisotopic (exact) mass is 484 g/mol. The lowest BCUT2D eigenvalue weighted by Gasteiger charge is -2.30. The maximum atomic E-state index is 6.52. The molecule has 2 aromatic carbocycles. The summed E-state index contributed by atoms with van der Waals surface area (Å²) in [5, 5.41) is 1.03. The van der Waals surface area contributed by atoms with Gasteiger partial charge in [0.2, 0.25) is 5.79 Å². The Kier molecular flexibility index (Phi) is 6.12. The van der Waals surface area contributed by atoms with Crippen LogP contribution in [0, 0.1) is 0 Å². The van der Waals surface area contributed by atoms with Crippen LogP contribution in [0.2, 0.25) is 10.0 Å². The molecule has 4 aromatic rings. The minimum Gasteiger partial charge on any atom is -0.491 e. The molecule has 2 unspecified atom stereocenters. The first-order chi connectivity index (χ1) is 16.0. The summed E-state index contributed by atoms with van der Waals surface area (Å²) in [4.78, 5) is 8.28. The molecule has 1 saturated heterocycles. The van der Waals surface area contributed by atoms with Crippen LogP contribution in [-0.4, -0.2) is 38.4 Å². The Morgan fingerprint density at radius 3 is 2.67 bits per heavy atom. The van der Waals surface area contributed by atoms with E-state index in [-0.39, 0.29) is 6.10 Å². The predicted octanol–water partition coefficient (Wildman–Crippen LogP) is 4.94. The van der Waals surface area contributed by atoms with Crippen molar-refractivity contribution in [2.24, 2.45) is 7.05 Å². The van der Waals surface area contributed by atoms with Crippen molar-refractivity contribution in [2.75, 3.05) is 13.2 Å². The van der Waals surface area contributed by atoms with E-state index in [1.807, 2.05) is 58.9 Å². The highest BCUT2D eigenvalue weighted by atomic mass is 35.5. The molecule has 0 bridgehead atoms. The first-order valence-electron chi connectivity index (χ1n) is 10.4. The van der Waals surface area contributed by atoms with Gasteiger partial charge in [0.25, 0.3) is 0 Å². The lowest BCUT2D eigenvalue weighted by atomic mass is 10.1. The molecule has 33 heavy (non-hydrogen) atoms. The summed E-state index contributed by atoms with van der Waals surface area (Å²) in [6, 6.07) is 13.2. The van der Waals surface area contributed by atoms with Crippen LogP contribution in [0.1, 0.15) is 5.56 Å². The smallest absolute Gasteiger partial charge is 0.215 e. The maximum Gasteiger partial charge on any atom is 0.215 e. The average molecular weight is 485 g/mol. The van der Waals surface area contributed by atoms with E-state index in [0.717, 1.165) is 17.0 Å². The lowest BCUT2D eigenvalue weighted by Crippen LogP contribution is -2.34. The van der Waals surface area contributed by atoms with E-state index >= 15 is 0 Å². The molecule has 0 aliphatic carbocycles. The number of benzene rings is 2. The van der Waals surface area contributed by atoms with E-state index < -0.39 is 5.79 Å². The molecular weight excluding hydrogens is 463 g/mol. The summed E-state index contributed by atoms with van der Waals surface area (Å²) in [5.41, 5.74) is 2.82. The molecular formula is C24H22Cl2N4O3. The zero-order valence-corrected chi connectivity index (χ0v) is 19.4. The highest BCUT2D eigenvalue weighted by molar-refractivity contribution is 6.35. The fourth-order valence-corrected chi connectivity index (χ4v) is 4.47. The summed E-state index contributed by atoms with van der Waals surface area (Å²) in [7, 11) is 1.97. The number of rotatable bonds is 7. The minimum absolute atomic E-state index is 0.281. The molecule has 7 nitrogen and oxygen atoms in total. The molecule has 0 N–H and O–H groups in total. The van der Waals surface area contributed by atoms with Gasteiger partial charge in [0.05, 0.1) is 42.7 Å². The van der Waals surface area contributed by atoms with Gasteiger partial charge in [0, 0.05) is 35.6 Å². The summed E-state index contributed by atoms with van der Waals surface area (Å²) in [5.74, 6) is -0.319. The number of halogens is 2. The lowest BCUT2D eigenvalue weighted by molar-refractivity contribution is -0.189. The van der Waals surface area contributed by atoms with Crippen molar-refractivity contribution < 1.29 is 14.2 Å². The molecule has 0 radical (unpaired) electrons. The molecule has 1 aliphatic heterocycles. The van der Waals surface area contributed by atoms with Crippen LogP contribution in [0.5, 0.6) is 5.75 Å². The second-order valence-corrected chi connectivity index (χ2v) is 8.73. The Morgan fingerprint density at radius 2 is 1.97 bits per heavy atom. The van der Waals surface area contributed by atoms with Crippen LogP contribution in [0.4, 0.5) is 0 Å². The fourth-order valence-electron chi connectivity index (χ4n) is 3.92. The first kappa shape index (κ1) is 22.0. The van der Waals surface area contributed by atoms with Gasteiger partial charge >= 0.3 is 0 Å². The van der Waals surface area contributed by atoms with E-state index in [1.54, 1.807) is 31.0 Å². The third kappa shape index (κ3) is 4.63. The second-order valence-electron chi connectivity index (χ2n) is 7.89. The van der Waals surface area contributed by atoms with Gasteiger partial charge in [-0.05, 0) is 36.4 Å². The average Bonchev–Trinajstić information content (AvgIpc) is 3.55. The van der Waals surface area contributed by atoms with Crippen LogP contribution in [0.3, 0.4) is 0 Å². The number of hydrogen-bond donors (Lipinski definition) is 0. The van der Waals surface area contributed by atoms with Crippen molar-refractivity contribution in [3.8, 4) is 17.0 Å². The molecule has 0 saturated carbocycles. The van der Waals surface area contributed by atoms with Crippen molar-refractivity contribution in [3.63, 3.8) is 0 Å². The van der Waals surface area contributed by atoms with Crippen LogP contribution in [0.15, 0.2) is 73.7 Å². The van der Waals surface area contributed by atoms with Gasteiger partial charge < -0.3 is 23.3 Å². The van der Waals surface area contributed by atoms with Gasteiger partial charge in [-0.15, -0.1) is 0 Å². The fraction of sp³-hybridized carbons (Fsp3) is 0.250. The van der Waals surface area contributed by atoms with E-state index in [0.29, 0.717) is 35.4 Å². The molecule has 3 heterocycles. The summed E-state index contributed by atoms with van der Waals surface area (Å²) < 4.78 is 22.5. The number of ether oxygens (including phenoxy) is 3. The van der Waals surface area contributed by atoms with E-state index in [2.05, 4.69) is 9.97 Å². The van der Waals surface area contributed by atoms with E-state index in [1.165, 1.54) is 0 Å². The van der Waals surface area contributed by atoms with Crippen molar-refractivity contribution in [3.05, 3.63) is 89.3 Å².